The molecule has 198 valence electrons. The van der Waals surface area contributed by atoms with E-state index in [1.807, 2.05) is 24.3 Å². The number of anilines is 2. The minimum Gasteiger partial charge on any atom is -0.493 e. The third-order valence-corrected chi connectivity index (χ3v) is 7.17. The Morgan fingerprint density at radius 2 is 1.92 bits per heavy atom. The molecule has 10 nitrogen and oxygen atoms in total. The number of benzene rings is 3. The first-order chi connectivity index (χ1) is 19.0. The van der Waals surface area contributed by atoms with Gasteiger partial charge in [0.15, 0.2) is 5.96 Å². The molecular formula is C29H27N5O5. The van der Waals surface area contributed by atoms with E-state index in [1.165, 1.54) is 0 Å². The molecule has 0 spiro atoms. The number of amides is 2. The molecule has 0 radical (unpaired) electrons. The third-order valence-electron chi connectivity index (χ3n) is 7.17. The molecule has 39 heavy (non-hydrogen) atoms. The minimum absolute atomic E-state index is 0.214. The summed E-state index contributed by atoms with van der Waals surface area (Å²) in [6.45, 7) is 2.36. The van der Waals surface area contributed by atoms with E-state index in [2.05, 4.69) is 20.9 Å². The van der Waals surface area contributed by atoms with Crippen LogP contribution in [0.15, 0.2) is 65.7 Å². The molecule has 3 aliphatic heterocycles. The van der Waals surface area contributed by atoms with Crippen LogP contribution in [0.2, 0.25) is 0 Å². The van der Waals surface area contributed by atoms with Crippen molar-refractivity contribution >= 4 is 35.1 Å². The molecule has 3 aromatic rings. The van der Waals surface area contributed by atoms with Crippen molar-refractivity contribution in [1.29, 1.82) is 0 Å². The van der Waals surface area contributed by atoms with E-state index in [4.69, 9.17) is 4.74 Å². The maximum atomic E-state index is 13.5. The largest absolute Gasteiger partial charge is 0.493 e. The van der Waals surface area contributed by atoms with Gasteiger partial charge in [-0.05, 0) is 53.6 Å². The van der Waals surface area contributed by atoms with Crippen molar-refractivity contribution in [1.82, 2.24) is 10.2 Å². The number of hydrogen-bond acceptors (Lipinski definition) is 7. The molecule has 6 rings (SSSR count). The summed E-state index contributed by atoms with van der Waals surface area (Å²) in [5.41, 5.74) is 4.77. The van der Waals surface area contributed by atoms with Crippen LogP contribution < -0.4 is 20.7 Å². The van der Waals surface area contributed by atoms with Crippen LogP contribution >= 0.6 is 0 Å². The van der Waals surface area contributed by atoms with Crippen LogP contribution in [-0.4, -0.2) is 53.4 Å². The highest BCUT2D eigenvalue weighted by molar-refractivity contribution is 6.06. The molecule has 0 aliphatic carbocycles. The van der Waals surface area contributed by atoms with Crippen LogP contribution in [0.3, 0.4) is 0 Å². The number of carbonyl (C=O) groups excluding carboxylic acids is 2. The summed E-state index contributed by atoms with van der Waals surface area (Å²) in [4.78, 5) is 44.1. The summed E-state index contributed by atoms with van der Waals surface area (Å²) < 4.78 is 5.67. The molecule has 3 heterocycles. The van der Waals surface area contributed by atoms with Gasteiger partial charge in [0.05, 0.1) is 25.6 Å². The average Bonchev–Trinajstić information content (AvgIpc) is 3.69. The Kier molecular flexibility index (Phi) is 6.36. The van der Waals surface area contributed by atoms with Crippen LogP contribution in [0.1, 0.15) is 49.9 Å². The van der Waals surface area contributed by atoms with E-state index in [9.17, 15) is 19.5 Å². The molecule has 1 unspecified atom stereocenters. The van der Waals surface area contributed by atoms with Crippen LogP contribution in [0.4, 0.5) is 11.4 Å². The fraction of sp³-hybridized carbons (Fsp3) is 0.241. The van der Waals surface area contributed by atoms with E-state index < -0.39 is 12.0 Å². The van der Waals surface area contributed by atoms with Gasteiger partial charge in [-0.1, -0.05) is 18.2 Å². The summed E-state index contributed by atoms with van der Waals surface area (Å²) in [6.07, 6.45) is 0.462. The number of ether oxygens (including phenoxy) is 1. The second kappa shape index (κ2) is 10.1. The maximum absolute atomic E-state index is 13.5. The lowest BCUT2D eigenvalue weighted by atomic mass is 9.95. The van der Waals surface area contributed by atoms with Gasteiger partial charge in [-0.25, -0.2) is 0 Å². The zero-order valence-electron chi connectivity index (χ0n) is 21.1. The van der Waals surface area contributed by atoms with E-state index in [1.54, 1.807) is 41.3 Å². The number of carbonyl (C=O) groups is 3. The van der Waals surface area contributed by atoms with Gasteiger partial charge < -0.3 is 30.7 Å². The molecule has 0 saturated carbocycles. The van der Waals surface area contributed by atoms with Gasteiger partial charge >= 0.3 is 5.97 Å². The van der Waals surface area contributed by atoms with Crippen molar-refractivity contribution in [3.63, 3.8) is 0 Å². The Bertz CT molecular complexity index is 1500. The van der Waals surface area contributed by atoms with Gasteiger partial charge in [0, 0.05) is 47.6 Å². The second-order valence-electron chi connectivity index (χ2n) is 9.65. The molecule has 0 saturated heterocycles. The molecule has 3 aromatic carbocycles. The zero-order valence-corrected chi connectivity index (χ0v) is 21.1. The van der Waals surface area contributed by atoms with Crippen LogP contribution in [0.5, 0.6) is 5.75 Å². The molecule has 10 heteroatoms. The van der Waals surface area contributed by atoms with Crippen molar-refractivity contribution in [2.24, 2.45) is 4.99 Å². The van der Waals surface area contributed by atoms with Gasteiger partial charge in [-0.15, -0.1) is 0 Å². The summed E-state index contributed by atoms with van der Waals surface area (Å²) in [5, 5.41) is 18.8. The molecule has 0 aromatic heterocycles. The molecule has 4 N–H and O–H groups in total. The van der Waals surface area contributed by atoms with E-state index >= 15 is 0 Å². The third kappa shape index (κ3) is 4.88. The number of carboxylic acid groups (broad SMARTS) is 1. The Morgan fingerprint density at radius 3 is 2.69 bits per heavy atom. The van der Waals surface area contributed by atoms with Crippen molar-refractivity contribution < 1.29 is 24.2 Å². The first kappa shape index (κ1) is 24.5. The monoisotopic (exact) mass is 525 g/mol. The predicted octanol–water partition coefficient (Wildman–Crippen LogP) is 3.42. The fourth-order valence-corrected chi connectivity index (χ4v) is 5.29. The Morgan fingerprint density at radius 1 is 1.10 bits per heavy atom. The Labute approximate surface area is 224 Å². The van der Waals surface area contributed by atoms with E-state index in [0.717, 1.165) is 41.2 Å². The minimum atomic E-state index is -0.984. The van der Waals surface area contributed by atoms with Crippen molar-refractivity contribution in [2.75, 3.05) is 30.3 Å². The molecular weight excluding hydrogens is 498 g/mol. The first-order valence-corrected chi connectivity index (χ1v) is 12.8. The number of nitrogens with zero attached hydrogens (tertiary/aromatic N) is 2. The second-order valence-corrected chi connectivity index (χ2v) is 9.65. The van der Waals surface area contributed by atoms with Gasteiger partial charge in [-0.3, -0.25) is 19.4 Å². The molecule has 1 atom stereocenters. The summed E-state index contributed by atoms with van der Waals surface area (Å²) >= 11 is 0. The lowest BCUT2D eigenvalue weighted by molar-refractivity contribution is -0.138. The highest BCUT2D eigenvalue weighted by Crippen LogP contribution is 2.39. The standard InChI is InChI=1S/C29H27N5O5/c35-26(36)15-24(21-2-1-3-25-22(21)10-13-39-25)34-16-18-6-9-20(14-23(18)28(34)38)32-27(37)17-4-7-19(8-5-17)33-29-30-11-12-31-29/h1-9,14,24H,10-13,15-16H2,(H,32,37)(H,35,36)(H2,30,31,33). The lowest BCUT2D eigenvalue weighted by Crippen LogP contribution is -2.31. The Balaban J connectivity index is 1.19. The molecule has 3 aliphatic rings. The van der Waals surface area contributed by atoms with Gasteiger partial charge in [-0.2, -0.15) is 0 Å². The highest BCUT2D eigenvalue weighted by atomic mass is 16.5. The smallest absolute Gasteiger partial charge is 0.305 e. The number of guanidine groups is 1. The van der Waals surface area contributed by atoms with Crippen molar-refractivity contribution in [3.8, 4) is 5.75 Å². The van der Waals surface area contributed by atoms with Gasteiger partial charge in [0.2, 0.25) is 0 Å². The number of carboxylic acids is 1. The first-order valence-electron chi connectivity index (χ1n) is 12.8. The van der Waals surface area contributed by atoms with Gasteiger partial charge in [0.25, 0.3) is 11.8 Å². The van der Waals surface area contributed by atoms with Crippen molar-refractivity contribution in [2.45, 2.75) is 25.4 Å². The average molecular weight is 526 g/mol. The summed E-state index contributed by atoms with van der Waals surface area (Å²) in [5.74, 6) is -0.0992. The topological polar surface area (TPSA) is 132 Å². The van der Waals surface area contributed by atoms with E-state index in [0.29, 0.717) is 42.3 Å². The number of aliphatic imine (C=N–C) groups is 1. The summed E-state index contributed by atoms with van der Waals surface area (Å²) in [6, 6.07) is 17.2. The number of hydrogen-bond donors (Lipinski definition) is 4. The van der Waals surface area contributed by atoms with Gasteiger partial charge in [0.1, 0.15) is 5.75 Å². The highest BCUT2D eigenvalue weighted by Gasteiger charge is 2.36. The maximum Gasteiger partial charge on any atom is 0.305 e. The normalized spacial score (nSPS) is 16.1. The number of nitrogens with one attached hydrogen (secondary N) is 3. The Hall–Kier alpha value is -4.86. The molecule has 0 fully saturated rings. The van der Waals surface area contributed by atoms with Crippen LogP contribution in [0.25, 0.3) is 0 Å². The predicted molar refractivity (Wildman–Crippen MR) is 145 cm³/mol. The fourth-order valence-electron chi connectivity index (χ4n) is 5.29. The van der Waals surface area contributed by atoms with Crippen LogP contribution in [0, 0.1) is 0 Å². The van der Waals surface area contributed by atoms with Crippen LogP contribution in [-0.2, 0) is 17.8 Å². The quantitative estimate of drug-likeness (QED) is 0.372. The number of fused-ring (bicyclic) bond motifs is 2. The summed E-state index contributed by atoms with van der Waals surface area (Å²) in [7, 11) is 0. The number of rotatable bonds is 7. The number of aliphatic carboxylic acids is 1. The molecule has 0 bridgehead atoms. The SMILES string of the molecule is O=C(O)CC(c1cccc2c1CCO2)N1Cc2ccc(NC(=O)c3ccc(NC4=NCCN4)cc3)cc2C1=O. The lowest BCUT2D eigenvalue weighted by Gasteiger charge is -2.28. The van der Waals surface area contributed by atoms with Crippen molar-refractivity contribution in [3.05, 3.63) is 88.5 Å². The molecule has 2 amide bonds. The van der Waals surface area contributed by atoms with E-state index in [-0.39, 0.29) is 18.2 Å². The zero-order chi connectivity index (χ0) is 26.9.